The van der Waals surface area contributed by atoms with Crippen molar-refractivity contribution in [1.29, 1.82) is 0 Å². The number of furan rings is 1. The first-order valence-electron chi connectivity index (χ1n) is 9.79. The first-order chi connectivity index (χ1) is 14.8. The number of sulfonamides is 2. The molecule has 0 radical (unpaired) electrons. The zero-order chi connectivity index (χ0) is 22.1. The van der Waals surface area contributed by atoms with E-state index in [-0.39, 0.29) is 35.3 Å². The van der Waals surface area contributed by atoms with Gasteiger partial charge in [-0.05, 0) is 36.4 Å². The van der Waals surface area contributed by atoms with Crippen LogP contribution in [0.3, 0.4) is 0 Å². The minimum Gasteiger partial charge on any atom is -0.468 e. The van der Waals surface area contributed by atoms with Crippen LogP contribution < -0.4 is 9.03 Å². The topological polar surface area (TPSA) is 126 Å². The maximum absolute atomic E-state index is 12.8. The van der Waals surface area contributed by atoms with Gasteiger partial charge in [0.15, 0.2) is 0 Å². The average molecular weight is 470 g/mol. The molecule has 0 bridgehead atoms. The van der Waals surface area contributed by atoms with Gasteiger partial charge < -0.3 is 9.15 Å². The smallest absolute Gasteiger partial charge is 0.242 e. The van der Waals surface area contributed by atoms with Crippen molar-refractivity contribution in [2.75, 3.05) is 42.9 Å². The SMILES string of the molecule is O=C1CCS(=O)(=O)N1c1ccc(S(=O)(=O)NC[C@@H](c2ccco2)N2CCOCC2)cc1. The Morgan fingerprint density at radius 3 is 2.39 bits per heavy atom. The number of carbonyl (C=O) groups excluding carboxylic acids is 1. The standard InChI is InChI=1S/C19H23N3O7S2/c23-19-7-13-30(24,25)22(19)15-3-5-16(6-4-15)31(26,27)20-14-17(18-2-1-10-29-18)21-8-11-28-12-9-21/h1-6,10,17,20H,7-9,11-14H2/t17-/m0/s1. The summed E-state index contributed by atoms with van der Waals surface area (Å²) in [6.45, 7) is 2.52. The first-order valence-corrected chi connectivity index (χ1v) is 12.9. The number of nitrogens with one attached hydrogen (secondary N) is 1. The van der Waals surface area contributed by atoms with Gasteiger partial charge in [0.05, 0.1) is 41.9 Å². The second-order valence-electron chi connectivity index (χ2n) is 7.25. The molecule has 1 N–H and O–H groups in total. The van der Waals surface area contributed by atoms with Gasteiger partial charge in [-0.1, -0.05) is 0 Å². The second-order valence-corrected chi connectivity index (χ2v) is 11.0. The number of carbonyl (C=O) groups is 1. The lowest BCUT2D eigenvalue weighted by atomic mass is 10.2. The molecule has 2 aliphatic heterocycles. The average Bonchev–Trinajstić information content (AvgIpc) is 3.37. The zero-order valence-electron chi connectivity index (χ0n) is 16.6. The zero-order valence-corrected chi connectivity index (χ0v) is 18.3. The fraction of sp³-hybridized carbons (Fsp3) is 0.421. The third-order valence-electron chi connectivity index (χ3n) is 5.28. The maximum atomic E-state index is 12.8. The van der Waals surface area contributed by atoms with Crippen molar-refractivity contribution in [2.45, 2.75) is 17.4 Å². The fourth-order valence-electron chi connectivity index (χ4n) is 3.68. The minimum absolute atomic E-state index is 0.0273. The molecule has 4 rings (SSSR count). The van der Waals surface area contributed by atoms with Gasteiger partial charge in [0.25, 0.3) is 0 Å². The van der Waals surface area contributed by atoms with E-state index in [0.29, 0.717) is 32.1 Å². The molecular weight excluding hydrogens is 446 g/mol. The Kier molecular flexibility index (Phi) is 6.17. The van der Waals surface area contributed by atoms with Gasteiger partial charge in [-0.25, -0.2) is 25.9 Å². The summed E-state index contributed by atoms with van der Waals surface area (Å²) in [6, 6.07) is 8.48. The number of ether oxygens (including phenoxy) is 1. The van der Waals surface area contributed by atoms with Gasteiger partial charge in [-0.15, -0.1) is 0 Å². The van der Waals surface area contributed by atoms with Crippen molar-refractivity contribution in [2.24, 2.45) is 0 Å². The number of nitrogens with zero attached hydrogens (tertiary/aromatic N) is 2. The molecule has 1 amide bonds. The highest BCUT2D eigenvalue weighted by molar-refractivity contribution is 7.94. The van der Waals surface area contributed by atoms with Crippen LogP contribution in [-0.2, 0) is 29.6 Å². The number of anilines is 1. The van der Waals surface area contributed by atoms with Gasteiger partial charge in [-0.2, -0.15) is 0 Å². The molecule has 2 aromatic rings. The van der Waals surface area contributed by atoms with Crippen LogP contribution in [0.25, 0.3) is 0 Å². The predicted octanol–water partition coefficient (Wildman–Crippen LogP) is 0.698. The summed E-state index contributed by atoms with van der Waals surface area (Å²) in [7, 11) is -7.57. The van der Waals surface area contributed by atoms with Gasteiger partial charge in [-0.3, -0.25) is 9.69 Å². The highest BCUT2D eigenvalue weighted by Crippen LogP contribution is 2.27. The molecule has 1 aromatic carbocycles. The molecule has 1 aromatic heterocycles. The van der Waals surface area contributed by atoms with E-state index in [9.17, 15) is 21.6 Å². The molecule has 168 valence electrons. The number of morpholine rings is 1. The normalized spacial score (nSPS) is 20.8. The van der Waals surface area contributed by atoms with E-state index in [2.05, 4.69) is 9.62 Å². The molecule has 31 heavy (non-hydrogen) atoms. The molecule has 12 heteroatoms. The summed E-state index contributed by atoms with van der Waals surface area (Å²) in [5.41, 5.74) is 0.128. The number of benzene rings is 1. The molecule has 0 saturated carbocycles. The summed E-state index contributed by atoms with van der Waals surface area (Å²) in [4.78, 5) is 14.0. The quantitative estimate of drug-likeness (QED) is 0.628. The molecule has 0 aliphatic carbocycles. The molecule has 2 saturated heterocycles. The number of rotatable bonds is 7. The molecule has 3 heterocycles. The Morgan fingerprint density at radius 1 is 1.10 bits per heavy atom. The van der Waals surface area contributed by atoms with Crippen LogP contribution in [0.15, 0.2) is 52.0 Å². The van der Waals surface area contributed by atoms with E-state index >= 15 is 0 Å². The molecule has 0 unspecified atom stereocenters. The van der Waals surface area contributed by atoms with Crippen molar-refractivity contribution in [3.63, 3.8) is 0 Å². The molecule has 0 spiro atoms. The van der Waals surface area contributed by atoms with E-state index in [0.717, 1.165) is 4.31 Å². The summed E-state index contributed by atoms with van der Waals surface area (Å²) < 4.78 is 64.0. The largest absolute Gasteiger partial charge is 0.468 e. The molecule has 10 nitrogen and oxygen atoms in total. The van der Waals surface area contributed by atoms with Crippen LogP contribution in [0.1, 0.15) is 18.2 Å². The molecule has 2 fully saturated rings. The Balaban J connectivity index is 1.49. The number of hydrogen-bond acceptors (Lipinski definition) is 8. The summed E-state index contributed by atoms with van der Waals surface area (Å²) in [5.74, 6) is -0.124. The van der Waals surface area contributed by atoms with Crippen LogP contribution >= 0.6 is 0 Å². The van der Waals surface area contributed by atoms with Gasteiger partial charge in [0.2, 0.25) is 26.0 Å². The van der Waals surface area contributed by atoms with E-state index in [4.69, 9.17) is 9.15 Å². The highest BCUT2D eigenvalue weighted by Gasteiger charge is 2.36. The fourth-order valence-corrected chi connectivity index (χ4v) is 6.18. The Morgan fingerprint density at radius 2 is 1.81 bits per heavy atom. The Bertz CT molecular complexity index is 1120. The number of hydrogen-bond donors (Lipinski definition) is 1. The van der Waals surface area contributed by atoms with Crippen LogP contribution in [0.5, 0.6) is 0 Å². The van der Waals surface area contributed by atoms with Gasteiger partial charge in [0, 0.05) is 26.1 Å². The van der Waals surface area contributed by atoms with E-state index in [1.807, 2.05) is 0 Å². The van der Waals surface area contributed by atoms with Crippen LogP contribution in [0.2, 0.25) is 0 Å². The van der Waals surface area contributed by atoms with E-state index in [1.165, 1.54) is 24.3 Å². The van der Waals surface area contributed by atoms with Crippen molar-refractivity contribution in [3.05, 3.63) is 48.4 Å². The van der Waals surface area contributed by atoms with Crippen molar-refractivity contribution in [3.8, 4) is 0 Å². The lowest BCUT2D eigenvalue weighted by Gasteiger charge is -2.33. The lowest BCUT2D eigenvalue weighted by Crippen LogP contribution is -2.43. The van der Waals surface area contributed by atoms with E-state index in [1.54, 1.807) is 18.4 Å². The molecule has 1 atom stereocenters. The third kappa shape index (κ3) is 4.67. The van der Waals surface area contributed by atoms with Gasteiger partial charge >= 0.3 is 0 Å². The maximum Gasteiger partial charge on any atom is 0.242 e. The van der Waals surface area contributed by atoms with Crippen LogP contribution in [-0.4, -0.2) is 66.2 Å². The summed E-state index contributed by atoms with van der Waals surface area (Å²) in [5, 5.41) is 0. The van der Waals surface area contributed by atoms with Crippen LogP contribution in [0, 0.1) is 0 Å². The van der Waals surface area contributed by atoms with Crippen LogP contribution in [0.4, 0.5) is 5.69 Å². The second kappa shape index (κ2) is 8.71. The first kappa shape index (κ1) is 22.0. The van der Waals surface area contributed by atoms with Crippen molar-refractivity contribution >= 4 is 31.6 Å². The number of amides is 1. The Hall–Kier alpha value is -2.25. The minimum atomic E-state index is -3.87. The van der Waals surface area contributed by atoms with Gasteiger partial charge in [0.1, 0.15) is 5.76 Å². The van der Waals surface area contributed by atoms with Crippen molar-refractivity contribution in [1.82, 2.24) is 9.62 Å². The highest BCUT2D eigenvalue weighted by atomic mass is 32.2. The predicted molar refractivity (Wildman–Crippen MR) is 111 cm³/mol. The summed E-state index contributed by atoms with van der Waals surface area (Å²) in [6.07, 6.45) is 1.46. The molecule has 2 aliphatic rings. The van der Waals surface area contributed by atoms with E-state index < -0.39 is 26.0 Å². The van der Waals surface area contributed by atoms with Crippen molar-refractivity contribution < 1.29 is 30.8 Å². The Labute approximate surface area is 180 Å². The summed E-state index contributed by atoms with van der Waals surface area (Å²) >= 11 is 0. The third-order valence-corrected chi connectivity index (χ3v) is 8.42. The monoisotopic (exact) mass is 469 g/mol. The lowest BCUT2D eigenvalue weighted by molar-refractivity contribution is -0.116. The molecular formula is C19H23N3O7S2.